The van der Waals surface area contributed by atoms with E-state index >= 15 is 0 Å². The van der Waals surface area contributed by atoms with E-state index in [0.29, 0.717) is 29.2 Å². The molecule has 0 radical (unpaired) electrons. The second kappa shape index (κ2) is 4.44. The summed E-state index contributed by atoms with van der Waals surface area (Å²) in [6.07, 6.45) is 0.532. The van der Waals surface area contributed by atoms with Gasteiger partial charge in [0.25, 0.3) is 0 Å². The SMILES string of the molecule is Nc1n[nH]c(=S)n1CCc1ccccc1F. The summed E-state index contributed by atoms with van der Waals surface area (Å²) in [6.45, 7) is 0.516. The first-order valence-corrected chi connectivity index (χ1v) is 5.23. The third kappa shape index (κ3) is 2.11. The molecule has 2 rings (SSSR count). The van der Waals surface area contributed by atoms with Crippen LogP contribution in [0.5, 0.6) is 0 Å². The second-order valence-corrected chi connectivity index (χ2v) is 3.77. The van der Waals surface area contributed by atoms with Gasteiger partial charge in [-0.1, -0.05) is 18.2 Å². The van der Waals surface area contributed by atoms with Gasteiger partial charge in [-0.3, -0.25) is 4.57 Å². The Labute approximate surface area is 96.9 Å². The summed E-state index contributed by atoms with van der Waals surface area (Å²) in [5.41, 5.74) is 6.25. The van der Waals surface area contributed by atoms with Crippen LogP contribution in [0.25, 0.3) is 0 Å². The fraction of sp³-hybridized carbons (Fsp3) is 0.200. The smallest absolute Gasteiger partial charge is 0.220 e. The van der Waals surface area contributed by atoms with Crippen LogP contribution in [0.4, 0.5) is 10.3 Å². The first-order chi connectivity index (χ1) is 7.68. The molecule has 6 heteroatoms. The number of nitrogens with one attached hydrogen (secondary N) is 1. The topological polar surface area (TPSA) is 59.6 Å². The lowest BCUT2D eigenvalue weighted by atomic mass is 10.1. The van der Waals surface area contributed by atoms with E-state index in [1.807, 2.05) is 0 Å². The minimum Gasteiger partial charge on any atom is -0.368 e. The molecule has 0 atom stereocenters. The molecule has 1 aromatic heterocycles. The molecule has 0 fully saturated rings. The van der Waals surface area contributed by atoms with Gasteiger partial charge in [0.15, 0.2) is 4.77 Å². The quantitative estimate of drug-likeness (QED) is 0.803. The van der Waals surface area contributed by atoms with Crippen molar-refractivity contribution in [3.63, 3.8) is 0 Å². The van der Waals surface area contributed by atoms with Gasteiger partial charge in [0.05, 0.1) is 0 Å². The standard InChI is InChI=1S/C10H11FN4S/c11-8-4-2-1-3-7(8)5-6-15-9(12)13-14-10(15)16/h1-4H,5-6H2,(H2,12,13)(H,14,16). The van der Waals surface area contributed by atoms with Gasteiger partial charge < -0.3 is 5.73 Å². The molecule has 0 saturated carbocycles. The summed E-state index contributed by atoms with van der Waals surface area (Å²) in [4.78, 5) is 0. The number of hydrogen-bond donors (Lipinski definition) is 2. The van der Waals surface area contributed by atoms with E-state index in [9.17, 15) is 4.39 Å². The summed E-state index contributed by atoms with van der Waals surface area (Å²) in [6, 6.07) is 6.65. The maximum absolute atomic E-state index is 13.3. The lowest BCUT2D eigenvalue weighted by Gasteiger charge is -2.04. The minimum atomic E-state index is -0.212. The van der Waals surface area contributed by atoms with Crippen LogP contribution < -0.4 is 5.73 Å². The number of hydrogen-bond acceptors (Lipinski definition) is 3. The summed E-state index contributed by atoms with van der Waals surface area (Å²) in [5.74, 6) is 0.109. The van der Waals surface area contributed by atoms with Crippen molar-refractivity contribution in [1.82, 2.24) is 14.8 Å². The normalized spacial score (nSPS) is 10.6. The van der Waals surface area contributed by atoms with Gasteiger partial charge in [0.1, 0.15) is 5.82 Å². The van der Waals surface area contributed by atoms with Crippen molar-refractivity contribution in [2.24, 2.45) is 0 Å². The highest BCUT2D eigenvalue weighted by atomic mass is 32.1. The highest BCUT2D eigenvalue weighted by Crippen LogP contribution is 2.09. The summed E-state index contributed by atoms with van der Waals surface area (Å²) in [7, 11) is 0. The van der Waals surface area contributed by atoms with Crippen molar-refractivity contribution >= 4 is 18.2 Å². The van der Waals surface area contributed by atoms with Crippen LogP contribution in [0.1, 0.15) is 5.56 Å². The van der Waals surface area contributed by atoms with Gasteiger partial charge in [0.2, 0.25) is 5.95 Å². The van der Waals surface area contributed by atoms with Crippen LogP contribution >= 0.6 is 12.2 Å². The van der Waals surface area contributed by atoms with Crippen LogP contribution in [0, 0.1) is 10.6 Å². The third-order valence-corrected chi connectivity index (χ3v) is 2.66. The van der Waals surface area contributed by atoms with Crippen molar-refractivity contribution in [3.8, 4) is 0 Å². The third-order valence-electron chi connectivity index (χ3n) is 2.35. The Hall–Kier alpha value is -1.69. The Morgan fingerprint density at radius 2 is 2.19 bits per heavy atom. The monoisotopic (exact) mass is 238 g/mol. The van der Waals surface area contributed by atoms with Gasteiger partial charge in [-0.15, -0.1) is 5.10 Å². The molecule has 0 unspecified atom stereocenters. The van der Waals surface area contributed by atoms with Crippen LogP contribution in [0.15, 0.2) is 24.3 Å². The zero-order valence-corrected chi connectivity index (χ0v) is 9.30. The molecule has 0 amide bonds. The number of H-pyrrole nitrogens is 1. The van der Waals surface area contributed by atoms with Crippen molar-refractivity contribution in [3.05, 3.63) is 40.4 Å². The van der Waals surface area contributed by atoms with E-state index in [1.54, 1.807) is 22.8 Å². The molecule has 4 nitrogen and oxygen atoms in total. The number of benzene rings is 1. The van der Waals surface area contributed by atoms with Gasteiger partial charge >= 0.3 is 0 Å². The van der Waals surface area contributed by atoms with Crippen LogP contribution in [-0.4, -0.2) is 14.8 Å². The van der Waals surface area contributed by atoms with Crippen molar-refractivity contribution in [1.29, 1.82) is 0 Å². The van der Waals surface area contributed by atoms with Gasteiger partial charge in [-0.2, -0.15) is 0 Å². The second-order valence-electron chi connectivity index (χ2n) is 3.38. The van der Waals surface area contributed by atoms with E-state index in [4.69, 9.17) is 18.0 Å². The molecule has 16 heavy (non-hydrogen) atoms. The predicted octanol–water partition coefficient (Wildman–Crippen LogP) is 1.90. The van der Waals surface area contributed by atoms with E-state index < -0.39 is 0 Å². The number of halogens is 1. The van der Waals surface area contributed by atoms with Crippen LogP contribution in [0.2, 0.25) is 0 Å². The molecule has 1 heterocycles. The van der Waals surface area contributed by atoms with E-state index in [2.05, 4.69) is 10.2 Å². The number of rotatable bonds is 3. The number of anilines is 1. The maximum Gasteiger partial charge on any atom is 0.220 e. The van der Waals surface area contributed by atoms with E-state index in [1.165, 1.54) is 6.07 Å². The fourth-order valence-corrected chi connectivity index (χ4v) is 1.71. The average Bonchev–Trinajstić information content (AvgIpc) is 2.58. The van der Waals surface area contributed by atoms with Gasteiger partial charge in [-0.05, 0) is 30.3 Å². The molecule has 0 aliphatic carbocycles. The molecule has 3 N–H and O–H groups in total. The molecule has 0 spiro atoms. The largest absolute Gasteiger partial charge is 0.368 e. The Bertz CT molecular complexity index is 546. The minimum absolute atomic E-state index is 0.212. The number of nitrogens with two attached hydrogens (primary N) is 1. The number of nitrogen functional groups attached to an aromatic ring is 1. The number of nitrogens with zero attached hydrogens (tertiary/aromatic N) is 2. The molecule has 2 aromatic rings. The van der Waals surface area contributed by atoms with Crippen molar-refractivity contribution in [2.75, 3.05) is 5.73 Å². The van der Waals surface area contributed by atoms with E-state index in [-0.39, 0.29) is 5.82 Å². The molecule has 0 saturated heterocycles. The Morgan fingerprint density at radius 1 is 1.44 bits per heavy atom. The predicted molar refractivity (Wildman–Crippen MR) is 61.9 cm³/mol. The van der Waals surface area contributed by atoms with E-state index in [0.717, 1.165) is 0 Å². The van der Waals surface area contributed by atoms with Crippen LogP contribution in [-0.2, 0) is 13.0 Å². The number of aromatic amines is 1. The van der Waals surface area contributed by atoms with Crippen LogP contribution in [0.3, 0.4) is 0 Å². The first kappa shape index (κ1) is 10.8. The lowest BCUT2D eigenvalue weighted by Crippen LogP contribution is -2.06. The molecule has 84 valence electrons. The highest BCUT2D eigenvalue weighted by molar-refractivity contribution is 7.71. The first-order valence-electron chi connectivity index (χ1n) is 4.82. The Balaban J connectivity index is 2.14. The van der Waals surface area contributed by atoms with Crippen molar-refractivity contribution < 1.29 is 4.39 Å². The summed E-state index contributed by atoms with van der Waals surface area (Å²) >= 11 is 4.99. The Kier molecular flexibility index (Phi) is 3.00. The van der Waals surface area contributed by atoms with Gasteiger partial charge in [-0.25, -0.2) is 9.49 Å². The maximum atomic E-state index is 13.3. The lowest BCUT2D eigenvalue weighted by molar-refractivity contribution is 0.593. The molecular formula is C10H11FN4S. The molecular weight excluding hydrogens is 227 g/mol. The average molecular weight is 238 g/mol. The fourth-order valence-electron chi connectivity index (χ4n) is 1.48. The zero-order chi connectivity index (χ0) is 11.5. The highest BCUT2D eigenvalue weighted by Gasteiger charge is 2.04. The summed E-state index contributed by atoms with van der Waals surface area (Å²) < 4.78 is 15.4. The Morgan fingerprint density at radius 3 is 2.81 bits per heavy atom. The van der Waals surface area contributed by atoms with Gasteiger partial charge in [0, 0.05) is 6.54 Å². The molecule has 0 aliphatic rings. The summed E-state index contributed by atoms with van der Waals surface area (Å²) in [5, 5.41) is 6.37. The molecule has 0 aliphatic heterocycles. The molecule has 1 aromatic carbocycles. The zero-order valence-electron chi connectivity index (χ0n) is 8.48. The van der Waals surface area contributed by atoms with Crippen molar-refractivity contribution in [2.45, 2.75) is 13.0 Å². The number of aromatic nitrogens is 3. The molecule has 0 bridgehead atoms. The number of aryl methyl sites for hydroxylation is 1.